The molecule has 0 radical (unpaired) electrons. The second kappa shape index (κ2) is 5.25. The van der Waals surface area contributed by atoms with E-state index < -0.39 is 0 Å². The van der Waals surface area contributed by atoms with Crippen LogP contribution in [0.15, 0.2) is 69.9 Å². The highest BCUT2D eigenvalue weighted by Gasteiger charge is 1.96. The smallest absolute Gasteiger partial charge is 0.134 e. The van der Waals surface area contributed by atoms with Gasteiger partial charge in [-0.3, -0.25) is 0 Å². The number of furan rings is 2. The highest BCUT2D eigenvalue weighted by molar-refractivity contribution is 5.80. The lowest BCUT2D eigenvalue weighted by Crippen LogP contribution is -1.69. The fourth-order valence-corrected chi connectivity index (χ4v) is 2.21. The van der Waals surface area contributed by atoms with Crippen molar-refractivity contribution >= 4 is 21.9 Å². The van der Waals surface area contributed by atoms with E-state index in [1.54, 1.807) is 12.5 Å². The van der Waals surface area contributed by atoms with E-state index in [4.69, 9.17) is 8.83 Å². The maximum atomic E-state index is 5.20. The average Bonchev–Trinajstić information content (AvgIpc) is 3.07. The van der Waals surface area contributed by atoms with Crippen LogP contribution in [0.3, 0.4) is 0 Å². The molecule has 0 unspecified atom stereocenters. The summed E-state index contributed by atoms with van der Waals surface area (Å²) in [6.07, 6.45) is 3.43. The molecule has 0 saturated carbocycles. The topological polar surface area (TPSA) is 26.3 Å². The van der Waals surface area contributed by atoms with Gasteiger partial charge in [-0.25, -0.2) is 0 Å². The van der Waals surface area contributed by atoms with E-state index in [1.165, 1.54) is 21.9 Å². The van der Waals surface area contributed by atoms with Crippen LogP contribution < -0.4 is 0 Å². The molecule has 2 aromatic heterocycles. The normalized spacial score (nSPS) is 10.5. The van der Waals surface area contributed by atoms with Crippen LogP contribution in [0.25, 0.3) is 21.9 Å². The Morgan fingerprint density at radius 1 is 0.750 bits per heavy atom. The number of fused-ring (bicyclic) bond motifs is 2. The van der Waals surface area contributed by atoms with E-state index in [1.807, 2.05) is 30.3 Å². The molecule has 0 spiro atoms. The van der Waals surface area contributed by atoms with Gasteiger partial charge in [0.15, 0.2) is 0 Å². The van der Waals surface area contributed by atoms with Crippen molar-refractivity contribution in [3.05, 3.63) is 72.2 Å². The lowest BCUT2D eigenvalue weighted by atomic mass is 10.1. The van der Waals surface area contributed by atoms with Gasteiger partial charge in [0.1, 0.15) is 11.2 Å². The quantitative estimate of drug-likeness (QED) is 0.420. The predicted octanol–water partition coefficient (Wildman–Crippen LogP) is 5.48. The molecule has 0 fully saturated rings. The number of hydrogen-bond acceptors (Lipinski definition) is 2. The lowest BCUT2D eigenvalue weighted by Gasteiger charge is -1.90. The maximum Gasteiger partial charge on any atom is 0.134 e. The van der Waals surface area contributed by atoms with Gasteiger partial charge >= 0.3 is 0 Å². The van der Waals surface area contributed by atoms with Crippen LogP contribution in [0, 0.1) is 13.8 Å². The van der Waals surface area contributed by atoms with Crippen LogP contribution in [-0.4, -0.2) is 0 Å². The molecule has 4 rings (SSSR count). The Kier molecular flexibility index (Phi) is 3.30. The summed E-state index contributed by atoms with van der Waals surface area (Å²) >= 11 is 0. The number of aryl methyl sites for hydroxylation is 2. The Hall–Kier alpha value is -2.48. The van der Waals surface area contributed by atoms with Gasteiger partial charge in [0, 0.05) is 10.8 Å². The first-order valence-corrected chi connectivity index (χ1v) is 6.61. The first-order chi connectivity index (χ1) is 9.74. The van der Waals surface area contributed by atoms with Crippen molar-refractivity contribution in [2.24, 2.45) is 0 Å². The molecule has 0 atom stereocenters. The molecule has 2 heterocycles. The van der Waals surface area contributed by atoms with Crippen LogP contribution in [0.4, 0.5) is 0 Å². The van der Waals surface area contributed by atoms with Crippen molar-refractivity contribution < 1.29 is 8.83 Å². The summed E-state index contributed by atoms with van der Waals surface area (Å²) in [5, 5.41) is 2.38. The van der Waals surface area contributed by atoms with Gasteiger partial charge in [-0.05, 0) is 49.2 Å². The van der Waals surface area contributed by atoms with Crippen LogP contribution >= 0.6 is 0 Å². The highest BCUT2D eigenvalue weighted by atomic mass is 16.3. The monoisotopic (exact) mass is 264 g/mol. The molecule has 4 aromatic rings. The van der Waals surface area contributed by atoms with Gasteiger partial charge in [0.05, 0.1) is 12.5 Å². The van der Waals surface area contributed by atoms with Crippen LogP contribution in [0.2, 0.25) is 0 Å². The molecular weight excluding hydrogens is 248 g/mol. The standard InChI is InChI=1S/2C9H8O/c1-7-2-3-8-4-5-10-9(8)6-7;1-7-3-2-4-9-8(7)5-6-10-9/h2*2-6H,1H3. The zero-order chi connectivity index (χ0) is 13.9. The summed E-state index contributed by atoms with van der Waals surface area (Å²) in [6.45, 7) is 4.14. The zero-order valence-corrected chi connectivity index (χ0v) is 11.6. The van der Waals surface area contributed by atoms with Crippen LogP contribution in [-0.2, 0) is 0 Å². The van der Waals surface area contributed by atoms with Gasteiger partial charge in [0.2, 0.25) is 0 Å². The fourth-order valence-electron chi connectivity index (χ4n) is 2.21. The molecule has 0 bridgehead atoms. The molecular formula is C18H16O2. The third-order valence-electron chi connectivity index (χ3n) is 3.33. The van der Waals surface area contributed by atoms with E-state index >= 15 is 0 Å². The molecule has 0 saturated heterocycles. The number of rotatable bonds is 0. The van der Waals surface area contributed by atoms with Gasteiger partial charge in [-0.2, -0.15) is 0 Å². The Morgan fingerprint density at radius 3 is 2.40 bits per heavy atom. The Bertz CT molecular complexity index is 836. The fraction of sp³-hybridized carbons (Fsp3) is 0.111. The third-order valence-corrected chi connectivity index (χ3v) is 3.33. The van der Waals surface area contributed by atoms with Crippen molar-refractivity contribution in [3.8, 4) is 0 Å². The van der Waals surface area contributed by atoms with E-state index in [9.17, 15) is 0 Å². The van der Waals surface area contributed by atoms with E-state index in [2.05, 4.69) is 32.0 Å². The highest BCUT2D eigenvalue weighted by Crippen LogP contribution is 2.18. The molecule has 2 heteroatoms. The van der Waals surface area contributed by atoms with Gasteiger partial charge in [-0.15, -0.1) is 0 Å². The van der Waals surface area contributed by atoms with Gasteiger partial charge in [-0.1, -0.05) is 24.3 Å². The molecule has 0 aliphatic heterocycles. The largest absolute Gasteiger partial charge is 0.464 e. The summed E-state index contributed by atoms with van der Waals surface area (Å²) in [6, 6.07) is 16.2. The van der Waals surface area contributed by atoms with E-state index in [-0.39, 0.29) is 0 Å². The average molecular weight is 264 g/mol. The van der Waals surface area contributed by atoms with Crippen molar-refractivity contribution in [1.29, 1.82) is 0 Å². The molecule has 20 heavy (non-hydrogen) atoms. The minimum atomic E-state index is 0.972. The van der Waals surface area contributed by atoms with Crippen molar-refractivity contribution in [2.75, 3.05) is 0 Å². The van der Waals surface area contributed by atoms with E-state index in [0.29, 0.717) is 0 Å². The summed E-state index contributed by atoms with van der Waals surface area (Å²) in [7, 11) is 0. The Morgan fingerprint density at radius 2 is 1.55 bits per heavy atom. The zero-order valence-electron chi connectivity index (χ0n) is 11.6. The molecule has 2 aromatic carbocycles. The number of benzene rings is 2. The van der Waals surface area contributed by atoms with Crippen molar-refractivity contribution in [1.82, 2.24) is 0 Å². The first-order valence-electron chi connectivity index (χ1n) is 6.61. The summed E-state index contributed by atoms with van der Waals surface area (Å²) in [4.78, 5) is 0. The van der Waals surface area contributed by atoms with Crippen LogP contribution in [0.1, 0.15) is 11.1 Å². The molecule has 0 amide bonds. The van der Waals surface area contributed by atoms with E-state index in [0.717, 1.165) is 11.2 Å². The maximum absolute atomic E-state index is 5.20. The second-order valence-electron chi connectivity index (χ2n) is 4.87. The SMILES string of the molecule is Cc1ccc2ccoc2c1.Cc1cccc2occc12. The van der Waals surface area contributed by atoms with Crippen molar-refractivity contribution in [2.45, 2.75) is 13.8 Å². The van der Waals surface area contributed by atoms with Gasteiger partial charge in [0.25, 0.3) is 0 Å². The minimum absolute atomic E-state index is 0.972. The molecule has 100 valence electrons. The van der Waals surface area contributed by atoms with Crippen LogP contribution in [0.5, 0.6) is 0 Å². The molecule has 0 aliphatic carbocycles. The molecule has 0 aliphatic rings. The Labute approximate surface area is 117 Å². The first kappa shape index (κ1) is 12.5. The Balaban J connectivity index is 0.000000121. The van der Waals surface area contributed by atoms with Gasteiger partial charge < -0.3 is 8.83 Å². The second-order valence-corrected chi connectivity index (χ2v) is 4.87. The lowest BCUT2D eigenvalue weighted by molar-refractivity contribution is 0.615. The number of hydrogen-bond donors (Lipinski definition) is 0. The summed E-state index contributed by atoms with van der Waals surface area (Å²) in [5.74, 6) is 0. The predicted molar refractivity (Wildman–Crippen MR) is 81.9 cm³/mol. The third kappa shape index (κ3) is 2.45. The minimum Gasteiger partial charge on any atom is -0.464 e. The molecule has 2 nitrogen and oxygen atoms in total. The summed E-state index contributed by atoms with van der Waals surface area (Å²) < 4.78 is 10.4. The summed E-state index contributed by atoms with van der Waals surface area (Å²) in [5.41, 5.74) is 4.45. The van der Waals surface area contributed by atoms with Crippen molar-refractivity contribution in [3.63, 3.8) is 0 Å². The molecule has 0 N–H and O–H groups in total.